The van der Waals surface area contributed by atoms with E-state index in [1.165, 1.54) is 36.6 Å². The first-order valence-corrected chi connectivity index (χ1v) is 8.98. The lowest BCUT2D eigenvalue weighted by molar-refractivity contribution is -0.138. The second kappa shape index (κ2) is 7.57. The molecule has 0 atom stereocenters. The van der Waals surface area contributed by atoms with Crippen LogP contribution >= 0.6 is 27.3 Å². The number of rotatable bonds is 4. The minimum absolute atomic E-state index is 0.00472. The highest BCUT2D eigenvalue weighted by Crippen LogP contribution is 2.36. The minimum Gasteiger partial charge on any atom is -0.459 e. The van der Waals surface area contributed by atoms with Gasteiger partial charge in [0.05, 0.1) is 21.7 Å². The summed E-state index contributed by atoms with van der Waals surface area (Å²) in [6.07, 6.45) is -3.19. The number of alkyl halides is 3. The highest BCUT2D eigenvalue weighted by molar-refractivity contribution is 9.10. The summed E-state index contributed by atoms with van der Waals surface area (Å²) in [5.41, 5.74) is -0.886. The molecule has 0 aliphatic carbocycles. The highest BCUT2D eigenvalue weighted by Gasteiger charge is 2.33. The van der Waals surface area contributed by atoms with Gasteiger partial charge in [-0.05, 0) is 42.5 Å². The quantitative estimate of drug-likeness (QED) is 0.532. The van der Waals surface area contributed by atoms with E-state index >= 15 is 0 Å². The van der Waals surface area contributed by atoms with Crippen molar-refractivity contribution in [1.82, 2.24) is 0 Å². The molecule has 0 saturated heterocycles. The molecular formula is C17H10BrF3N2O3S. The van der Waals surface area contributed by atoms with Gasteiger partial charge in [0.1, 0.15) is 0 Å². The van der Waals surface area contributed by atoms with Crippen molar-refractivity contribution in [3.63, 3.8) is 0 Å². The van der Waals surface area contributed by atoms with Crippen LogP contribution in [-0.4, -0.2) is 11.8 Å². The Morgan fingerprint density at radius 1 is 1.04 bits per heavy atom. The first kappa shape index (κ1) is 19.2. The molecule has 0 saturated carbocycles. The molecule has 140 valence electrons. The summed E-state index contributed by atoms with van der Waals surface area (Å²) in [6.45, 7) is 0. The van der Waals surface area contributed by atoms with E-state index in [1.54, 1.807) is 6.07 Å². The average molecular weight is 459 g/mol. The second-order valence-corrected chi connectivity index (χ2v) is 7.18. The minimum atomic E-state index is -4.55. The van der Waals surface area contributed by atoms with Gasteiger partial charge < -0.3 is 15.1 Å². The van der Waals surface area contributed by atoms with Crippen LogP contribution in [0.3, 0.4) is 0 Å². The van der Waals surface area contributed by atoms with Crippen LogP contribution in [0.5, 0.6) is 0 Å². The van der Waals surface area contributed by atoms with Crippen molar-refractivity contribution in [2.45, 2.75) is 6.18 Å². The fourth-order valence-corrected chi connectivity index (χ4v) is 3.39. The Balaban J connectivity index is 1.70. The van der Waals surface area contributed by atoms with E-state index in [9.17, 15) is 22.8 Å². The molecule has 0 fully saturated rings. The van der Waals surface area contributed by atoms with Crippen molar-refractivity contribution in [2.75, 3.05) is 10.6 Å². The van der Waals surface area contributed by atoms with Gasteiger partial charge in [-0.15, -0.1) is 11.3 Å². The van der Waals surface area contributed by atoms with Gasteiger partial charge in [0.15, 0.2) is 5.76 Å². The van der Waals surface area contributed by atoms with Gasteiger partial charge in [-0.25, -0.2) is 0 Å². The zero-order valence-electron chi connectivity index (χ0n) is 13.3. The van der Waals surface area contributed by atoms with Gasteiger partial charge in [0, 0.05) is 10.2 Å². The van der Waals surface area contributed by atoms with E-state index in [0.29, 0.717) is 5.00 Å². The van der Waals surface area contributed by atoms with E-state index in [4.69, 9.17) is 4.42 Å². The van der Waals surface area contributed by atoms with Gasteiger partial charge in [0.25, 0.3) is 11.8 Å². The monoisotopic (exact) mass is 458 g/mol. The molecule has 2 amide bonds. The number of halogens is 4. The summed E-state index contributed by atoms with van der Waals surface area (Å²) in [5.74, 6) is -0.950. The number of hydrogen-bond acceptors (Lipinski definition) is 4. The number of nitrogens with one attached hydrogen (secondary N) is 2. The Labute approximate surface area is 163 Å². The maximum Gasteiger partial charge on any atom is 0.417 e. The van der Waals surface area contributed by atoms with Crippen LogP contribution in [0.4, 0.5) is 23.9 Å². The number of amides is 2. The fraction of sp³-hybridized carbons (Fsp3) is 0.0588. The summed E-state index contributed by atoms with van der Waals surface area (Å²) in [7, 11) is 0. The van der Waals surface area contributed by atoms with Gasteiger partial charge in [-0.3, -0.25) is 9.59 Å². The number of carbonyl (C=O) groups excluding carboxylic acids is 2. The summed E-state index contributed by atoms with van der Waals surface area (Å²) in [4.78, 5) is 24.4. The molecule has 0 bridgehead atoms. The lowest BCUT2D eigenvalue weighted by Crippen LogP contribution is -2.12. The number of hydrogen-bond donors (Lipinski definition) is 2. The Bertz CT molecular complexity index is 984. The third-order valence-electron chi connectivity index (χ3n) is 3.34. The van der Waals surface area contributed by atoms with Gasteiger partial charge >= 0.3 is 6.18 Å². The normalized spacial score (nSPS) is 11.3. The molecule has 0 radical (unpaired) electrons. The zero-order chi connectivity index (χ0) is 19.6. The number of furan rings is 1. The molecule has 2 N–H and O–H groups in total. The van der Waals surface area contributed by atoms with E-state index in [0.717, 1.165) is 17.4 Å². The summed E-state index contributed by atoms with van der Waals surface area (Å²) in [6, 6.07) is 9.43. The molecule has 10 heteroatoms. The van der Waals surface area contributed by atoms with E-state index in [2.05, 4.69) is 26.6 Å². The van der Waals surface area contributed by atoms with Crippen molar-refractivity contribution < 1.29 is 27.2 Å². The highest BCUT2D eigenvalue weighted by atomic mass is 79.9. The van der Waals surface area contributed by atoms with Crippen LogP contribution in [0, 0.1) is 0 Å². The number of carbonyl (C=O) groups is 2. The summed E-state index contributed by atoms with van der Waals surface area (Å²) < 4.78 is 43.7. The largest absolute Gasteiger partial charge is 0.459 e. The SMILES string of the molecule is O=C(Nc1ccc(C(=O)Nc2ccc(Br)c(C(F)(F)F)c2)s1)c1ccco1. The number of benzene rings is 1. The maximum atomic E-state index is 12.9. The Morgan fingerprint density at radius 2 is 1.81 bits per heavy atom. The molecule has 3 aromatic rings. The first-order chi connectivity index (χ1) is 12.7. The van der Waals surface area contributed by atoms with Crippen LogP contribution in [0.15, 0.2) is 57.6 Å². The van der Waals surface area contributed by atoms with Crippen LogP contribution in [-0.2, 0) is 6.18 Å². The van der Waals surface area contributed by atoms with Crippen LogP contribution in [0.25, 0.3) is 0 Å². The Kier molecular flexibility index (Phi) is 5.38. The number of thiophene rings is 1. The molecule has 0 unspecified atom stereocenters. The van der Waals surface area contributed by atoms with Crippen molar-refractivity contribution in [3.8, 4) is 0 Å². The molecule has 0 spiro atoms. The van der Waals surface area contributed by atoms with Crippen molar-refractivity contribution in [2.24, 2.45) is 0 Å². The molecule has 3 rings (SSSR count). The molecule has 1 aromatic carbocycles. The smallest absolute Gasteiger partial charge is 0.417 e. The van der Waals surface area contributed by atoms with Gasteiger partial charge in [-0.2, -0.15) is 13.2 Å². The van der Waals surface area contributed by atoms with Crippen LogP contribution < -0.4 is 10.6 Å². The molecule has 27 heavy (non-hydrogen) atoms. The number of anilines is 2. The van der Waals surface area contributed by atoms with Crippen molar-refractivity contribution >= 4 is 49.8 Å². The standard InChI is InChI=1S/C17H10BrF3N2O3S/c18-11-4-3-9(8-10(11)17(19,20)21)22-16(25)13-5-6-14(27-13)23-15(24)12-2-1-7-26-12/h1-8H,(H,22,25)(H,23,24). The molecule has 2 aromatic heterocycles. The molecule has 0 aliphatic heterocycles. The third-order valence-corrected chi connectivity index (χ3v) is 5.03. The summed E-state index contributed by atoms with van der Waals surface area (Å²) >= 11 is 3.82. The van der Waals surface area contributed by atoms with Gasteiger partial charge in [0.2, 0.25) is 0 Å². The van der Waals surface area contributed by atoms with E-state index in [1.807, 2.05) is 0 Å². The van der Waals surface area contributed by atoms with Gasteiger partial charge in [-0.1, -0.05) is 15.9 Å². The zero-order valence-corrected chi connectivity index (χ0v) is 15.7. The van der Waals surface area contributed by atoms with Crippen molar-refractivity contribution in [1.29, 1.82) is 0 Å². The maximum absolute atomic E-state index is 12.9. The summed E-state index contributed by atoms with van der Waals surface area (Å²) in [5, 5.41) is 5.38. The molecule has 5 nitrogen and oxygen atoms in total. The third kappa shape index (κ3) is 4.58. The fourth-order valence-electron chi connectivity index (χ4n) is 2.12. The molecule has 0 aliphatic rings. The van der Waals surface area contributed by atoms with Crippen LogP contribution in [0.2, 0.25) is 0 Å². The molecule has 2 heterocycles. The Hall–Kier alpha value is -2.59. The van der Waals surface area contributed by atoms with E-state index < -0.39 is 23.6 Å². The predicted octanol–water partition coefficient (Wildman–Crippen LogP) is 5.63. The second-order valence-electron chi connectivity index (χ2n) is 5.24. The van der Waals surface area contributed by atoms with Crippen LogP contribution in [0.1, 0.15) is 25.8 Å². The Morgan fingerprint density at radius 3 is 2.48 bits per heavy atom. The van der Waals surface area contributed by atoms with Crippen molar-refractivity contribution in [3.05, 3.63) is 69.4 Å². The predicted molar refractivity (Wildman–Crippen MR) is 98.1 cm³/mol. The molecular weight excluding hydrogens is 449 g/mol. The lowest BCUT2D eigenvalue weighted by Gasteiger charge is -2.11. The topological polar surface area (TPSA) is 71.3 Å². The first-order valence-electron chi connectivity index (χ1n) is 7.37. The van der Waals surface area contributed by atoms with E-state index in [-0.39, 0.29) is 20.8 Å². The lowest BCUT2D eigenvalue weighted by atomic mass is 10.2. The average Bonchev–Trinajstić information content (AvgIpc) is 3.27.